The van der Waals surface area contributed by atoms with E-state index in [9.17, 15) is 18.4 Å². The van der Waals surface area contributed by atoms with Gasteiger partial charge in [-0.3, -0.25) is 24.4 Å². The molecule has 0 bridgehead atoms. The van der Waals surface area contributed by atoms with Gasteiger partial charge in [0.15, 0.2) is 11.6 Å². The van der Waals surface area contributed by atoms with Gasteiger partial charge in [-0.25, -0.2) is 13.8 Å². The van der Waals surface area contributed by atoms with Crippen LogP contribution in [0.1, 0.15) is 64.2 Å². The van der Waals surface area contributed by atoms with Crippen molar-refractivity contribution in [3.05, 3.63) is 87.8 Å². The highest BCUT2D eigenvalue weighted by Gasteiger charge is 2.30. The number of halogens is 3. The first-order chi connectivity index (χ1) is 18.4. The molecule has 3 aromatic rings. The quantitative estimate of drug-likeness (QED) is 0.290. The molecule has 5 rings (SSSR count). The van der Waals surface area contributed by atoms with Crippen LogP contribution < -0.4 is 4.90 Å². The zero-order chi connectivity index (χ0) is 26.6. The minimum Gasteiger partial charge on any atom is -0.299 e. The number of rotatable bonds is 6. The van der Waals surface area contributed by atoms with Crippen molar-refractivity contribution in [2.24, 2.45) is 5.92 Å². The van der Waals surface area contributed by atoms with Crippen molar-refractivity contribution in [3.8, 4) is 0 Å². The lowest BCUT2D eigenvalue weighted by Gasteiger charge is -2.31. The van der Waals surface area contributed by atoms with E-state index in [2.05, 4.69) is 27.0 Å². The van der Waals surface area contributed by atoms with Gasteiger partial charge in [0.1, 0.15) is 17.3 Å². The molecule has 2 aliphatic heterocycles. The number of hydrogen-bond donors (Lipinski definition) is 0. The van der Waals surface area contributed by atoms with Crippen LogP contribution in [0.5, 0.6) is 0 Å². The molecule has 198 valence electrons. The summed E-state index contributed by atoms with van der Waals surface area (Å²) in [5.74, 6) is -2.25. The summed E-state index contributed by atoms with van der Waals surface area (Å²) >= 11 is 5.97. The fourth-order valence-corrected chi connectivity index (χ4v) is 5.45. The smallest absolute Gasteiger partial charge is 0.264 e. The molecule has 1 aromatic heterocycles. The standard InChI is InChI=1S/C29H29ClF2N4O2/c30-27-22(32)10-9-21(31)26(27)29(38)36-13-5-4-8-23-28(36)34-24(17-33-23)25(37)16-19-11-14-35(15-12-19)18-20-6-2-1-3-7-20/h1-3,6-7,9-10,17,19H,4-5,8,11-16,18H2. The molecule has 3 heterocycles. The van der Waals surface area contributed by atoms with Crippen LogP contribution in [0.4, 0.5) is 14.6 Å². The van der Waals surface area contributed by atoms with Crippen LogP contribution in [-0.4, -0.2) is 46.2 Å². The van der Waals surface area contributed by atoms with E-state index >= 15 is 0 Å². The normalized spacial score (nSPS) is 16.7. The summed E-state index contributed by atoms with van der Waals surface area (Å²) < 4.78 is 28.6. The summed E-state index contributed by atoms with van der Waals surface area (Å²) in [7, 11) is 0. The van der Waals surface area contributed by atoms with Crippen molar-refractivity contribution in [3.63, 3.8) is 0 Å². The van der Waals surface area contributed by atoms with E-state index in [0.29, 0.717) is 25.0 Å². The molecule has 38 heavy (non-hydrogen) atoms. The summed E-state index contributed by atoms with van der Waals surface area (Å²) in [5, 5.41) is -0.570. The monoisotopic (exact) mass is 538 g/mol. The van der Waals surface area contributed by atoms with Crippen molar-refractivity contribution in [2.75, 3.05) is 24.5 Å². The molecular formula is C29H29ClF2N4O2. The second kappa shape index (κ2) is 11.7. The first-order valence-corrected chi connectivity index (χ1v) is 13.4. The second-order valence-electron chi connectivity index (χ2n) is 9.99. The first kappa shape index (κ1) is 26.4. The van der Waals surface area contributed by atoms with Gasteiger partial charge < -0.3 is 0 Å². The van der Waals surface area contributed by atoms with Crippen LogP contribution in [-0.2, 0) is 13.0 Å². The molecule has 0 spiro atoms. The van der Waals surface area contributed by atoms with Crippen LogP contribution in [0.3, 0.4) is 0 Å². The van der Waals surface area contributed by atoms with Gasteiger partial charge in [0.2, 0.25) is 0 Å². The average Bonchev–Trinajstić information content (AvgIpc) is 3.14. The predicted molar refractivity (Wildman–Crippen MR) is 141 cm³/mol. The van der Waals surface area contributed by atoms with Gasteiger partial charge in [-0.05, 0) is 68.8 Å². The third kappa shape index (κ3) is 5.76. The van der Waals surface area contributed by atoms with Gasteiger partial charge in [0.05, 0.1) is 22.5 Å². The molecule has 0 radical (unpaired) electrons. The Morgan fingerprint density at radius 2 is 1.71 bits per heavy atom. The lowest BCUT2D eigenvalue weighted by Crippen LogP contribution is -2.35. The number of amides is 1. The summed E-state index contributed by atoms with van der Waals surface area (Å²) in [5.41, 5.74) is 1.47. The Balaban J connectivity index is 1.29. The Kier molecular flexibility index (Phi) is 8.09. The van der Waals surface area contributed by atoms with Crippen molar-refractivity contribution in [1.82, 2.24) is 14.9 Å². The van der Waals surface area contributed by atoms with Crippen LogP contribution >= 0.6 is 11.6 Å². The Morgan fingerprint density at radius 1 is 0.974 bits per heavy atom. The molecule has 1 amide bonds. The van der Waals surface area contributed by atoms with Crippen LogP contribution in [0.25, 0.3) is 0 Å². The van der Waals surface area contributed by atoms with Crippen molar-refractivity contribution in [1.29, 1.82) is 0 Å². The van der Waals surface area contributed by atoms with Crippen LogP contribution in [0, 0.1) is 17.6 Å². The molecule has 2 aromatic carbocycles. The Bertz CT molecular complexity index is 1330. The van der Waals surface area contributed by atoms with Gasteiger partial charge >= 0.3 is 0 Å². The molecule has 1 fully saturated rings. The average molecular weight is 539 g/mol. The number of hydrogen-bond acceptors (Lipinski definition) is 5. The largest absolute Gasteiger partial charge is 0.299 e. The maximum absolute atomic E-state index is 14.5. The molecule has 0 N–H and O–H groups in total. The number of carbonyl (C=O) groups is 2. The number of aryl methyl sites for hydroxylation is 1. The topological polar surface area (TPSA) is 66.4 Å². The molecule has 9 heteroatoms. The Labute approximate surface area is 225 Å². The molecule has 6 nitrogen and oxygen atoms in total. The maximum Gasteiger partial charge on any atom is 0.264 e. The van der Waals surface area contributed by atoms with Crippen LogP contribution in [0.2, 0.25) is 5.02 Å². The van der Waals surface area contributed by atoms with E-state index in [1.54, 1.807) is 0 Å². The highest BCUT2D eigenvalue weighted by molar-refractivity contribution is 6.34. The molecule has 0 unspecified atom stereocenters. The van der Waals surface area contributed by atoms with Gasteiger partial charge in [-0.2, -0.15) is 0 Å². The Hall–Kier alpha value is -3.23. The van der Waals surface area contributed by atoms with Gasteiger partial charge in [0, 0.05) is 19.5 Å². The molecule has 0 atom stereocenters. The van der Waals surface area contributed by atoms with Crippen molar-refractivity contribution in [2.45, 2.75) is 45.1 Å². The van der Waals surface area contributed by atoms with Gasteiger partial charge in [-0.1, -0.05) is 41.9 Å². The van der Waals surface area contributed by atoms with Crippen molar-refractivity contribution < 1.29 is 18.4 Å². The highest BCUT2D eigenvalue weighted by atomic mass is 35.5. The number of anilines is 1. The summed E-state index contributed by atoms with van der Waals surface area (Å²) in [6, 6.07) is 12.1. The molecule has 1 saturated heterocycles. The first-order valence-electron chi connectivity index (χ1n) is 13.0. The maximum atomic E-state index is 14.5. The number of fused-ring (bicyclic) bond motifs is 1. The molecule has 2 aliphatic rings. The number of ketones is 1. The van der Waals surface area contributed by atoms with Gasteiger partial charge in [0.25, 0.3) is 5.91 Å². The molecular weight excluding hydrogens is 510 g/mol. The number of nitrogens with zero attached hydrogens (tertiary/aromatic N) is 4. The minimum atomic E-state index is -0.911. The van der Waals surface area contributed by atoms with E-state index in [1.807, 2.05) is 18.2 Å². The zero-order valence-electron chi connectivity index (χ0n) is 21.0. The lowest BCUT2D eigenvalue weighted by atomic mass is 9.91. The molecule has 0 aliphatic carbocycles. The minimum absolute atomic E-state index is 0.131. The predicted octanol–water partition coefficient (Wildman–Crippen LogP) is 5.88. The summed E-state index contributed by atoms with van der Waals surface area (Å²) in [6.07, 6.45) is 5.60. The van der Waals surface area contributed by atoms with Crippen LogP contribution in [0.15, 0.2) is 48.7 Å². The highest BCUT2D eigenvalue weighted by Crippen LogP contribution is 2.30. The third-order valence-electron chi connectivity index (χ3n) is 7.35. The summed E-state index contributed by atoms with van der Waals surface area (Å²) in [6.45, 7) is 2.98. The van der Waals surface area contributed by atoms with Crippen molar-refractivity contribution >= 4 is 29.1 Å². The number of Topliss-reactive ketones (excluding diaryl/α,β-unsaturated/α-hetero) is 1. The van der Waals surface area contributed by atoms with E-state index in [4.69, 9.17) is 11.6 Å². The SMILES string of the molecule is O=C(CC1CCN(Cc2ccccc2)CC1)c1cnc2c(n1)N(C(=O)c1c(F)ccc(F)c1Cl)CCCC2. The fraction of sp³-hybridized carbons (Fsp3) is 0.379. The lowest BCUT2D eigenvalue weighted by molar-refractivity contribution is 0.0917. The fourth-order valence-electron chi connectivity index (χ4n) is 5.21. The summed E-state index contributed by atoms with van der Waals surface area (Å²) in [4.78, 5) is 39.2. The Morgan fingerprint density at radius 3 is 2.47 bits per heavy atom. The van der Waals surface area contributed by atoms with E-state index in [0.717, 1.165) is 51.0 Å². The number of carbonyl (C=O) groups excluding carboxylic acids is 2. The second-order valence-corrected chi connectivity index (χ2v) is 10.4. The zero-order valence-corrected chi connectivity index (χ0v) is 21.8. The van der Waals surface area contributed by atoms with E-state index in [-0.39, 0.29) is 29.8 Å². The third-order valence-corrected chi connectivity index (χ3v) is 7.72. The number of benzene rings is 2. The van der Waals surface area contributed by atoms with E-state index in [1.165, 1.54) is 16.7 Å². The number of likely N-dealkylation sites (tertiary alicyclic amines) is 1. The van der Waals surface area contributed by atoms with Gasteiger partial charge in [-0.15, -0.1) is 0 Å². The van der Waals surface area contributed by atoms with E-state index < -0.39 is 28.1 Å². The number of aromatic nitrogens is 2. The molecule has 0 saturated carbocycles. The number of piperidine rings is 1.